The van der Waals surface area contributed by atoms with E-state index in [4.69, 9.17) is 9.40 Å². The van der Waals surface area contributed by atoms with Crippen LogP contribution in [-0.4, -0.2) is 62.2 Å². The van der Waals surface area contributed by atoms with Crippen LogP contribution in [0.5, 0.6) is 0 Å². The van der Waals surface area contributed by atoms with Gasteiger partial charge in [0, 0.05) is 45.0 Å². The Bertz CT molecular complexity index is 768. The number of likely N-dealkylation sites (tertiary alicyclic amines) is 1. The first kappa shape index (κ1) is 23.3. The van der Waals surface area contributed by atoms with Crippen molar-refractivity contribution in [1.29, 1.82) is 0 Å². The number of aliphatic imine (C=N–C) groups is 1. The maximum atomic E-state index is 5.70. The summed E-state index contributed by atoms with van der Waals surface area (Å²) < 4.78 is 5.70. The van der Waals surface area contributed by atoms with Crippen molar-refractivity contribution in [2.75, 3.05) is 51.2 Å². The van der Waals surface area contributed by atoms with Gasteiger partial charge in [-0.3, -0.25) is 9.89 Å². The van der Waals surface area contributed by atoms with E-state index in [1.54, 1.807) is 17.6 Å². The molecule has 2 fully saturated rings. The molecule has 0 spiro atoms. The van der Waals surface area contributed by atoms with Gasteiger partial charge in [0.2, 0.25) is 0 Å². The number of thiazole rings is 1. The highest BCUT2D eigenvalue weighted by Crippen LogP contribution is 2.25. The molecule has 30 heavy (non-hydrogen) atoms. The van der Waals surface area contributed by atoms with Crippen molar-refractivity contribution in [2.24, 2.45) is 4.99 Å². The Kier molecular flexibility index (Phi) is 9.26. The molecule has 2 aromatic heterocycles. The SMILES string of the molecule is CN=C(NCCc1csc(N2CCCC2)n1)NCC(c1ccco1)N1CCCC1.I. The second-order valence-electron chi connectivity index (χ2n) is 7.72. The van der Waals surface area contributed by atoms with E-state index in [1.807, 2.05) is 13.1 Å². The lowest BCUT2D eigenvalue weighted by Gasteiger charge is -2.26. The van der Waals surface area contributed by atoms with Crippen LogP contribution in [0.25, 0.3) is 0 Å². The van der Waals surface area contributed by atoms with Gasteiger partial charge in [0.05, 0.1) is 18.0 Å². The van der Waals surface area contributed by atoms with E-state index in [2.05, 4.69) is 36.9 Å². The smallest absolute Gasteiger partial charge is 0.191 e. The molecule has 1 unspecified atom stereocenters. The summed E-state index contributed by atoms with van der Waals surface area (Å²) in [4.78, 5) is 14.1. The van der Waals surface area contributed by atoms with E-state index in [-0.39, 0.29) is 30.0 Å². The maximum Gasteiger partial charge on any atom is 0.191 e. The van der Waals surface area contributed by atoms with E-state index < -0.39 is 0 Å². The van der Waals surface area contributed by atoms with Crippen molar-refractivity contribution in [3.05, 3.63) is 35.2 Å². The molecule has 0 saturated carbocycles. The fraction of sp³-hybridized carbons (Fsp3) is 0.619. The van der Waals surface area contributed by atoms with Crippen LogP contribution in [0.2, 0.25) is 0 Å². The summed E-state index contributed by atoms with van der Waals surface area (Å²) in [5.41, 5.74) is 1.16. The number of rotatable bonds is 8. The summed E-state index contributed by atoms with van der Waals surface area (Å²) in [6, 6.07) is 4.28. The summed E-state index contributed by atoms with van der Waals surface area (Å²) in [5.74, 6) is 1.85. The van der Waals surface area contributed by atoms with Gasteiger partial charge in [0.25, 0.3) is 0 Å². The predicted octanol–water partition coefficient (Wildman–Crippen LogP) is 3.50. The number of nitrogens with one attached hydrogen (secondary N) is 2. The predicted molar refractivity (Wildman–Crippen MR) is 134 cm³/mol. The Morgan fingerprint density at radius 1 is 1.20 bits per heavy atom. The number of furan rings is 1. The van der Waals surface area contributed by atoms with E-state index in [9.17, 15) is 0 Å². The van der Waals surface area contributed by atoms with Crippen molar-refractivity contribution in [2.45, 2.75) is 38.1 Å². The highest BCUT2D eigenvalue weighted by Gasteiger charge is 2.25. The topological polar surface area (TPSA) is 68.9 Å². The Hall–Kier alpha value is -1.33. The van der Waals surface area contributed by atoms with Crippen molar-refractivity contribution in [3.63, 3.8) is 0 Å². The summed E-state index contributed by atoms with van der Waals surface area (Å²) in [7, 11) is 1.82. The van der Waals surface area contributed by atoms with Gasteiger partial charge >= 0.3 is 0 Å². The van der Waals surface area contributed by atoms with Crippen molar-refractivity contribution < 1.29 is 4.42 Å². The van der Waals surface area contributed by atoms with Gasteiger partial charge in [0.15, 0.2) is 11.1 Å². The minimum atomic E-state index is 0. The molecule has 0 radical (unpaired) electrons. The maximum absolute atomic E-state index is 5.70. The van der Waals surface area contributed by atoms with E-state index in [0.29, 0.717) is 0 Å². The number of hydrogen-bond donors (Lipinski definition) is 2. The van der Waals surface area contributed by atoms with E-state index >= 15 is 0 Å². The van der Waals surface area contributed by atoms with Crippen LogP contribution in [0.3, 0.4) is 0 Å². The second kappa shape index (κ2) is 11.9. The molecule has 166 valence electrons. The molecule has 2 aliphatic rings. The fourth-order valence-corrected chi connectivity index (χ4v) is 5.05. The molecular weight excluding hydrogens is 511 g/mol. The normalized spacial score (nSPS) is 18.4. The zero-order chi connectivity index (χ0) is 19.9. The summed E-state index contributed by atoms with van der Waals surface area (Å²) in [5, 5.41) is 10.3. The first-order chi connectivity index (χ1) is 14.3. The number of hydrogen-bond acceptors (Lipinski definition) is 6. The van der Waals surface area contributed by atoms with Crippen molar-refractivity contribution >= 4 is 46.4 Å². The Morgan fingerprint density at radius 2 is 1.97 bits per heavy atom. The molecule has 0 amide bonds. The third kappa shape index (κ3) is 6.10. The van der Waals surface area contributed by atoms with Crippen LogP contribution in [0.4, 0.5) is 5.13 Å². The molecule has 2 aromatic rings. The monoisotopic (exact) mass is 544 g/mol. The van der Waals surface area contributed by atoms with Gasteiger partial charge in [0.1, 0.15) is 5.76 Å². The number of nitrogens with zero attached hydrogens (tertiary/aromatic N) is 4. The number of guanidine groups is 1. The van der Waals surface area contributed by atoms with E-state index in [0.717, 1.165) is 63.1 Å². The van der Waals surface area contributed by atoms with Crippen molar-refractivity contribution in [3.8, 4) is 0 Å². The molecule has 0 aliphatic carbocycles. The highest BCUT2D eigenvalue weighted by atomic mass is 127. The Balaban J connectivity index is 0.00000256. The lowest BCUT2D eigenvalue weighted by molar-refractivity contribution is 0.215. The zero-order valence-corrected chi connectivity index (χ0v) is 20.8. The third-order valence-electron chi connectivity index (χ3n) is 5.73. The Morgan fingerprint density at radius 3 is 2.67 bits per heavy atom. The summed E-state index contributed by atoms with van der Waals surface area (Å²) in [6.45, 7) is 6.15. The average molecular weight is 545 g/mol. The minimum absolute atomic E-state index is 0. The first-order valence-electron chi connectivity index (χ1n) is 10.7. The standard InChI is InChI=1S/C21H32N6OS.HI/c1-22-20(23-9-8-17-16-29-21(25-17)27-12-4-5-13-27)24-15-18(19-7-6-14-28-19)26-10-2-3-11-26;/h6-7,14,16,18H,2-5,8-13,15H2,1H3,(H2,22,23,24);1H. The van der Waals surface area contributed by atoms with Crippen LogP contribution < -0.4 is 15.5 Å². The molecule has 2 saturated heterocycles. The van der Waals surface area contributed by atoms with Crippen LogP contribution in [0.1, 0.15) is 43.2 Å². The molecule has 2 aliphatic heterocycles. The first-order valence-corrected chi connectivity index (χ1v) is 11.6. The van der Waals surface area contributed by atoms with Crippen LogP contribution in [0.15, 0.2) is 33.2 Å². The highest BCUT2D eigenvalue weighted by molar-refractivity contribution is 14.0. The molecule has 4 rings (SSSR count). The van der Waals surface area contributed by atoms with Gasteiger partial charge in [-0.05, 0) is 50.9 Å². The van der Waals surface area contributed by atoms with Crippen LogP contribution in [-0.2, 0) is 6.42 Å². The molecular formula is C21H33IN6OS. The molecule has 0 bridgehead atoms. The number of halogens is 1. The summed E-state index contributed by atoms with van der Waals surface area (Å²) in [6.07, 6.45) is 7.76. The molecule has 9 heteroatoms. The van der Waals surface area contributed by atoms with Crippen LogP contribution >= 0.6 is 35.3 Å². The lowest BCUT2D eigenvalue weighted by Crippen LogP contribution is -2.43. The lowest BCUT2D eigenvalue weighted by atomic mass is 10.2. The van der Waals surface area contributed by atoms with E-state index in [1.165, 1.54) is 30.8 Å². The molecule has 2 N–H and O–H groups in total. The van der Waals surface area contributed by atoms with Crippen LogP contribution in [0, 0.1) is 0 Å². The largest absolute Gasteiger partial charge is 0.468 e. The average Bonchev–Trinajstić information content (AvgIpc) is 3.54. The minimum Gasteiger partial charge on any atom is -0.468 e. The molecule has 7 nitrogen and oxygen atoms in total. The number of aromatic nitrogens is 1. The van der Waals surface area contributed by atoms with Gasteiger partial charge in [-0.25, -0.2) is 4.98 Å². The zero-order valence-electron chi connectivity index (χ0n) is 17.7. The summed E-state index contributed by atoms with van der Waals surface area (Å²) >= 11 is 1.76. The van der Waals surface area contributed by atoms with Gasteiger partial charge < -0.3 is 20.0 Å². The quantitative estimate of drug-likeness (QED) is 0.301. The van der Waals surface area contributed by atoms with Gasteiger partial charge in [-0.15, -0.1) is 35.3 Å². The number of anilines is 1. The molecule has 0 aromatic carbocycles. The molecule has 4 heterocycles. The third-order valence-corrected chi connectivity index (χ3v) is 6.68. The van der Waals surface area contributed by atoms with Gasteiger partial charge in [-0.1, -0.05) is 0 Å². The second-order valence-corrected chi connectivity index (χ2v) is 8.56. The Labute approximate surface area is 200 Å². The fourth-order valence-electron chi connectivity index (χ4n) is 4.13. The molecule has 1 atom stereocenters. The van der Waals surface area contributed by atoms with Gasteiger partial charge in [-0.2, -0.15) is 0 Å². The van der Waals surface area contributed by atoms with Crippen molar-refractivity contribution in [1.82, 2.24) is 20.5 Å².